The number of benzene rings is 1. The SMILES string of the molecule is CCCOC1CC(N2CC=C(Oc3ccc(C4CC4)cc3)C2=O)C1. The van der Waals surface area contributed by atoms with Crippen LogP contribution in [0.5, 0.6) is 5.75 Å². The third kappa shape index (κ3) is 3.20. The fourth-order valence-electron chi connectivity index (χ4n) is 3.46. The molecule has 4 heteroatoms. The molecule has 1 amide bonds. The Kier molecular flexibility index (Phi) is 4.31. The van der Waals surface area contributed by atoms with Gasteiger partial charge in [0.05, 0.1) is 6.10 Å². The molecule has 0 aromatic heterocycles. The van der Waals surface area contributed by atoms with Crippen LogP contribution in [-0.2, 0) is 9.53 Å². The standard InChI is InChI=1S/C20H25NO3/c1-2-11-23-18-12-16(13-18)21-10-9-19(20(21)22)24-17-7-5-15(6-8-17)14-3-4-14/h5-9,14,16,18H,2-4,10-13H2,1H3. The summed E-state index contributed by atoms with van der Waals surface area (Å²) < 4.78 is 11.5. The number of amides is 1. The molecule has 2 saturated carbocycles. The summed E-state index contributed by atoms with van der Waals surface area (Å²) in [7, 11) is 0. The summed E-state index contributed by atoms with van der Waals surface area (Å²) >= 11 is 0. The Morgan fingerprint density at radius 1 is 1.17 bits per heavy atom. The molecule has 1 aliphatic heterocycles. The van der Waals surface area contributed by atoms with Gasteiger partial charge in [0.1, 0.15) is 5.75 Å². The first-order chi connectivity index (χ1) is 11.7. The van der Waals surface area contributed by atoms with E-state index in [-0.39, 0.29) is 5.91 Å². The summed E-state index contributed by atoms with van der Waals surface area (Å²) in [5.41, 5.74) is 1.38. The number of rotatable bonds is 7. The van der Waals surface area contributed by atoms with Crippen molar-refractivity contribution in [3.63, 3.8) is 0 Å². The van der Waals surface area contributed by atoms with Gasteiger partial charge in [0.2, 0.25) is 0 Å². The molecule has 2 aliphatic carbocycles. The lowest BCUT2D eigenvalue weighted by atomic mass is 9.88. The van der Waals surface area contributed by atoms with Gasteiger partial charge in [0, 0.05) is 19.2 Å². The quantitative estimate of drug-likeness (QED) is 0.768. The zero-order chi connectivity index (χ0) is 16.5. The molecule has 0 N–H and O–H groups in total. The molecular formula is C20H25NO3. The van der Waals surface area contributed by atoms with Crippen LogP contribution in [0.2, 0.25) is 0 Å². The molecule has 3 aliphatic rings. The van der Waals surface area contributed by atoms with Crippen molar-refractivity contribution in [1.29, 1.82) is 0 Å². The Labute approximate surface area is 143 Å². The molecule has 128 valence electrons. The first-order valence-electron chi connectivity index (χ1n) is 9.15. The van der Waals surface area contributed by atoms with Crippen LogP contribution in [0, 0.1) is 0 Å². The van der Waals surface area contributed by atoms with Crippen molar-refractivity contribution in [3.8, 4) is 5.75 Å². The lowest BCUT2D eigenvalue weighted by Gasteiger charge is -2.40. The fraction of sp³-hybridized carbons (Fsp3) is 0.550. The van der Waals surface area contributed by atoms with Gasteiger partial charge in [-0.15, -0.1) is 0 Å². The first-order valence-corrected chi connectivity index (χ1v) is 9.15. The lowest BCUT2D eigenvalue weighted by Crippen LogP contribution is -2.49. The Morgan fingerprint density at radius 3 is 2.58 bits per heavy atom. The number of ether oxygens (including phenoxy) is 2. The molecule has 24 heavy (non-hydrogen) atoms. The molecule has 4 rings (SSSR count). The number of carbonyl (C=O) groups excluding carboxylic acids is 1. The van der Waals surface area contributed by atoms with Crippen LogP contribution in [-0.4, -0.2) is 36.1 Å². The van der Waals surface area contributed by atoms with E-state index in [1.54, 1.807) is 0 Å². The highest BCUT2D eigenvalue weighted by Gasteiger charge is 2.40. The summed E-state index contributed by atoms with van der Waals surface area (Å²) in [6.45, 7) is 3.58. The van der Waals surface area contributed by atoms with E-state index in [9.17, 15) is 4.79 Å². The first kappa shape index (κ1) is 15.7. The molecule has 1 heterocycles. The van der Waals surface area contributed by atoms with Gasteiger partial charge in [0.25, 0.3) is 5.91 Å². The van der Waals surface area contributed by atoms with E-state index in [2.05, 4.69) is 19.1 Å². The predicted octanol–water partition coefficient (Wildman–Crippen LogP) is 3.63. The molecule has 0 saturated heterocycles. The summed E-state index contributed by atoms with van der Waals surface area (Å²) in [4.78, 5) is 14.5. The van der Waals surface area contributed by atoms with Gasteiger partial charge in [-0.05, 0) is 61.8 Å². The van der Waals surface area contributed by atoms with Crippen LogP contribution in [0.15, 0.2) is 36.1 Å². The molecule has 0 bridgehead atoms. The molecular weight excluding hydrogens is 302 g/mol. The van der Waals surface area contributed by atoms with Crippen LogP contribution in [0.4, 0.5) is 0 Å². The van der Waals surface area contributed by atoms with E-state index < -0.39 is 0 Å². The van der Waals surface area contributed by atoms with Crippen LogP contribution in [0.1, 0.15) is 50.5 Å². The van der Waals surface area contributed by atoms with Crippen LogP contribution in [0.3, 0.4) is 0 Å². The minimum absolute atomic E-state index is 0.0141. The van der Waals surface area contributed by atoms with E-state index in [4.69, 9.17) is 9.47 Å². The minimum Gasteiger partial charge on any atom is -0.452 e. The summed E-state index contributed by atoms with van der Waals surface area (Å²) in [6, 6.07) is 8.48. The number of hydrogen-bond donors (Lipinski definition) is 0. The molecule has 1 aromatic carbocycles. The third-order valence-corrected chi connectivity index (χ3v) is 5.17. The number of nitrogens with zero attached hydrogens (tertiary/aromatic N) is 1. The molecule has 0 spiro atoms. The summed E-state index contributed by atoms with van der Waals surface area (Å²) in [5, 5.41) is 0. The smallest absolute Gasteiger partial charge is 0.289 e. The van der Waals surface area contributed by atoms with Crippen molar-refractivity contribution in [2.24, 2.45) is 0 Å². The maximum absolute atomic E-state index is 12.5. The maximum Gasteiger partial charge on any atom is 0.289 e. The average molecular weight is 327 g/mol. The van der Waals surface area contributed by atoms with Crippen molar-refractivity contribution in [2.45, 2.75) is 57.1 Å². The van der Waals surface area contributed by atoms with E-state index in [1.165, 1.54) is 18.4 Å². The summed E-state index contributed by atoms with van der Waals surface area (Å²) in [5.74, 6) is 1.97. The monoisotopic (exact) mass is 327 g/mol. The minimum atomic E-state index is 0.0141. The fourth-order valence-corrected chi connectivity index (χ4v) is 3.46. The van der Waals surface area contributed by atoms with Crippen molar-refractivity contribution >= 4 is 5.91 Å². The molecule has 2 fully saturated rings. The average Bonchev–Trinajstić information content (AvgIpc) is 3.34. The topological polar surface area (TPSA) is 38.8 Å². The molecule has 1 aromatic rings. The highest BCUT2D eigenvalue weighted by atomic mass is 16.5. The van der Waals surface area contributed by atoms with Crippen molar-refractivity contribution in [2.75, 3.05) is 13.2 Å². The molecule has 0 radical (unpaired) electrons. The third-order valence-electron chi connectivity index (χ3n) is 5.17. The molecule has 4 nitrogen and oxygen atoms in total. The van der Waals surface area contributed by atoms with E-state index in [0.29, 0.717) is 24.4 Å². The summed E-state index contributed by atoms with van der Waals surface area (Å²) in [6.07, 6.45) is 7.75. The zero-order valence-corrected chi connectivity index (χ0v) is 14.2. The van der Waals surface area contributed by atoms with E-state index in [0.717, 1.165) is 37.5 Å². The van der Waals surface area contributed by atoms with Gasteiger partial charge < -0.3 is 14.4 Å². The highest BCUT2D eigenvalue weighted by Crippen LogP contribution is 2.40. The van der Waals surface area contributed by atoms with Crippen molar-refractivity contribution in [3.05, 3.63) is 41.7 Å². The van der Waals surface area contributed by atoms with Crippen molar-refractivity contribution < 1.29 is 14.3 Å². The van der Waals surface area contributed by atoms with Crippen molar-refractivity contribution in [1.82, 2.24) is 4.90 Å². The normalized spacial score (nSPS) is 26.3. The van der Waals surface area contributed by atoms with Gasteiger partial charge >= 0.3 is 0 Å². The maximum atomic E-state index is 12.5. The molecule has 0 unspecified atom stereocenters. The van der Waals surface area contributed by atoms with Gasteiger partial charge in [-0.2, -0.15) is 0 Å². The van der Waals surface area contributed by atoms with E-state index >= 15 is 0 Å². The second-order valence-electron chi connectivity index (χ2n) is 7.09. The van der Waals surface area contributed by atoms with Crippen LogP contribution < -0.4 is 4.74 Å². The van der Waals surface area contributed by atoms with Gasteiger partial charge in [-0.3, -0.25) is 4.79 Å². The zero-order valence-electron chi connectivity index (χ0n) is 14.2. The Balaban J connectivity index is 1.29. The van der Waals surface area contributed by atoms with Gasteiger partial charge in [-0.1, -0.05) is 19.1 Å². The second-order valence-corrected chi connectivity index (χ2v) is 7.09. The number of carbonyl (C=O) groups is 1. The van der Waals surface area contributed by atoms with Gasteiger partial charge in [0.15, 0.2) is 5.76 Å². The Morgan fingerprint density at radius 2 is 1.92 bits per heavy atom. The molecule has 0 atom stereocenters. The lowest BCUT2D eigenvalue weighted by molar-refractivity contribution is -0.135. The number of hydrogen-bond acceptors (Lipinski definition) is 3. The largest absolute Gasteiger partial charge is 0.452 e. The second kappa shape index (κ2) is 6.60. The van der Waals surface area contributed by atoms with E-state index in [1.807, 2.05) is 23.1 Å². The highest BCUT2D eigenvalue weighted by molar-refractivity contribution is 5.94. The van der Waals surface area contributed by atoms with Crippen LogP contribution >= 0.6 is 0 Å². The Hall–Kier alpha value is -1.81. The van der Waals surface area contributed by atoms with Gasteiger partial charge in [-0.25, -0.2) is 0 Å². The predicted molar refractivity (Wildman–Crippen MR) is 91.9 cm³/mol. The Bertz CT molecular complexity index is 627. The van der Waals surface area contributed by atoms with Crippen LogP contribution in [0.25, 0.3) is 0 Å².